The van der Waals surface area contributed by atoms with Gasteiger partial charge >= 0.3 is 0 Å². The Labute approximate surface area is 182 Å². The maximum Gasteiger partial charge on any atom is 0.0722 e. The fraction of sp³-hybridized carbons (Fsp3) is 0.640. The van der Waals surface area contributed by atoms with Crippen molar-refractivity contribution in [3.8, 4) is 0 Å². The van der Waals surface area contributed by atoms with Crippen molar-refractivity contribution in [2.45, 2.75) is 71.9 Å². The number of nitrogens with one attached hydrogen (secondary N) is 4. The van der Waals surface area contributed by atoms with Gasteiger partial charge < -0.3 is 26.1 Å². The summed E-state index contributed by atoms with van der Waals surface area (Å²) in [6, 6.07) is 1.22. The standard InChI is InChI=1S/C25H40N4O/c1-5-20(12-18(4)23-13-24(23)28-21-8-10-30-11-9-21)25(17(2)3)29-22(14-26)16-27-15-19-6-7-19/h5,12,14,16,19,21,23-24,26-29H,6-11,13,15H2,1-4H3/b18-12+,20-5+,22-16+,26-14?. The second-order valence-corrected chi connectivity index (χ2v) is 9.23. The number of rotatable bonds is 11. The molecule has 1 heterocycles. The van der Waals surface area contributed by atoms with Crippen LogP contribution in [0.2, 0.25) is 0 Å². The van der Waals surface area contributed by atoms with E-state index in [1.54, 1.807) is 0 Å². The molecule has 1 saturated heterocycles. The molecule has 0 aromatic carbocycles. The predicted octanol–water partition coefficient (Wildman–Crippen LogP) is 4.41. The molecule has 0 aromatic rings. The quantitative estimate of drug-likeness (QED) is 0.300. The zero-order chi connectivity index (χ0) is 21.5. The van der Waals surface area contributed by atoms with Crippen molar-refractivity contribution < 1.29 is 4.74 Å². The van der Waals surface area contributed by atoms with Crippen LogP contribution in [0, 0.1) is 17.2 Å². The minimum atomic E-state index is 0.606. The van der Waals surface area contributed by atoms with E-state index < -0.39 is 0 Å². The topological polar surface area (TPSA) is 69.2 Å². The highest BCUT2D eigenvalue weighted by Crippen LogP contribution is 2.39. The summed E-state index contributed by atoms with van der Waals surface area (Å²) in [5.41, 5.74) is 5.73. The minimum Gasteiger partial charge on any atom is -0.389 e. The van der Waals surface area contributed by atoms with Crippen molar-refractivity contribution in [2.24, 2.45) is 11.8 Å². The van der Waals surface area contributed by atoms with E-state index in [0.717, 1.165) is 49.9 Å². The van der Waals surface area contributed by atoms with E-state index in [1.165, 1.54) is 42.2 Å². The first kappa shape index (κ1) is 22.8. The maximum absolute atomic E-state index is 7.79. The van der Waals surface area contributed by atoms with Gasteiger partial charge in [-0.05, 0) is 77.2 Å². The molecular weight excluding hydrogens is 372 g/mol. The first-order valence-corrected chi connectivity index (χ1v) is 11.6. The summed E-state index contributed by atoms with van der Waals surface area (Å²) in [5, 5.41) is 18.5. The number of hydrogen-bond donors (Lipinski definition) is 4. The van der Waals surface area contributed by atoms with Crippen molar-refractivity contribution >= 4 is 6.21 Å². The molecule has 0 spiro atoms. The Hall–Kier alpha value is -1.85. The molecule has 0 bridgehead atoms. The molecule has 3 aliphatic rings. The van der Waals surface area contributed by atoms with Gasteiger partial charge in [-0.1, -0.05) is 23.3 Å². The average molecular weight is 413 g/mol. The van der Waals surface area contributed by atoms with Gasteiger partial charge in [-0.3, -0.25) is 0 Å². The fourth-order valence-corrected chi connectivity index (χ4v) is 4.10. The Bertz CT molecular complexity index is 719. The second kappa shape index (κ2) is 11.0. The lowest BCUT2D eigenvalue weighted by atomic mass is 10.0. The van der Waals surface area contributed by atoms with E-state index >= 15 is 0 Å². The molecular formula is C25H40N4O. The summed E-state index contributed by atoms with van der Waals surface area (Å²) in [6.07, 6.45) is 14.0. The molecule has 1 aliphatic heterocycles. The minimum absolute atomic E-state index is 0.606. The summed E-state index contributed by atoms with van der Waals surface area (Å²) in [5.74, 6) is 1.44. The van der Waals surface area contributed by atoms with Gasteiger partial charge in [-0.2, -0.15) is 0 Å². The summed E-state index contributed by atoms with van der Waals surface area (Å²) < 4.78 is 5.48. The van der Waals surface area contributed by atoms with Crippen LogP contribution in [-0.2, 0) is 4.74 Å². The third-order valence-corrected chi connectivity index (χ3v) is 6.32. The van der Waals surface area contributed by atoms with Crippen LogP contribution in [0.3, 0.4) is 0 Å². The molecule has 4 N–H and O–H groups in total. The van der Waals surface area contributed by atoms with Crippen LogP contribution in [-0.4, -0.2) is 38.1 Å². The normalized spacial score (nSPS) is 25.7. The summed E-state index contributed by atoms with van der Waals surface area (Å²) in [7, 11) is 0. The van der Waals surface area contributed by atoms with Crippen molar-refractivity contribution in [1.29, 1.82) is 5.41 Å². The molecule has 2 atom stereocenters. The lowest BCUT2D eigenvalue weighted by molar-refractivity contribution is 0.0773. The molecule has 5 nitrogen and oxygen atoms in total. The highest BCUT2D eigenvalue weighted by Gasteiger charge is 2.39. The summed E-state index contributed by atoms with van der Waals surface area (Å²) in [4.78, 5) is 0. The first-order valence-electron chi connectivity index (χ1n) is 11.6. The Kier molecular flexibility index (Phi) is 8.34. The van der Waals surface area contributed by atoms with Crippen LogP contribution >= 0.6 is 0 Å². The smallest absolute Gasteiger partial charge is 0.0722 e. The van der Waals surface area contributed by atoms with Crippen LogP contribution in [0.15, 0.2) is 46.5 Å². The number of ether oxygens (including phenoxy) is 1. The van der Waals surface area contributed by atoms with Gasteiger partial charge in [0.05, 0.1) is 5.70 Å². The Balaban J connectivity index is 1.60. The predicted molar refractivity (Wildman–Crippen MR) is 125 cm³/mol. The third kappa shape index (κ3) is 6.85. The van der Waals surface area contributed by atoms with Crippen LogP contribution < -0.4 is 16.0 Å². The lowest BCUT2D eigenvalue weighted by Crippen LogP contribution is -2.36. The molecule has 2 saturated carbocycles. The van der Waals surface area contributed by atoms with Crippen molar-refractivity contribution in [2.75, 3.05) is 19.8 Å². The van der Waals surface area contributed by atoms with Gasteiger partial charge in [-0.25, -0.2) is 0 Å². The van der Waals surface area contributed by atoms with Crippen molar-refractivity contribution in [1.82, 2.24) is 16.0 Å². The van der Waals surface area contributed by atoms with E-state index in [2.05, 4.69) is 55.8 Å². The summed E-state index contributed by atoms with van der Waals surface area (Å²) in [6.45, 7) is 11.4. The van der Waals surface area contributed by atoms with Crippen molar-refractivity contribution in [3.05, 3.63) is 46.5 Å². The molecule has 3 rings (SSSR count). The largest absolute Gasteiger partial charge is 0.389 e. The van der Waals surface area contributed by atoms with E-state index in [4.69, 9.17) is 10.1 Å². The summed E-state index contributed by atoms with van der Waals surface area (Å²) >= 11 is 0. The Morgan fingerprint density at radius 2 is 1.83 bits per heavy atom. The molecule has 2 aliphatic carbocycles. The maximum atomic E-state index is 7.79. The lowest BCUT2D eigenvalue weighted by Gasteiger charge is -2.23. The van der Waals surface area contributed by atoms with Crippen molar-refractivity contribution in [3.63, 3.8) is 0 Å². The highest BCUT2D eigenvalue weighted by atomic mass is 16.5. The zero-order valence-electron chi connectivity index (χ0n) is 19.2. The van der Waals surface area contributed by atoms with Crippen LogP contribution in [0.1, 0.15) is 59.8 Å². The Morgan fingerprint density at radius 1 is 1.10 bits per heavy atom. The van der Waals surface area contributed by atoms with Crippen LogP contribution in [0.5, 0.6) is 0 Å². The molecule has 0 amide bonds. The van der Waals surface area contributed by atoms with E-state index in [0.29, 0.717) is 18.0 Å². The van der Waals surface area contributed by atoms with Crippen LogP contribution in [0.4, 0.5) is 0 Å². The molecule has 5 heteroatoms. The van der Waals surface area contributed by atoms with Gasteiger partial charge in [0.2, 0.25) is 0 Å². The SMILES string of the molecule is C/C=C(\C=C(/C)C1CC1NC1CCOCC1)C(N/C(C=N)=C/NCC1CC1)=C(C)C. The van der Waals surface area contributed by atoms with Gasteiger partial charge in [-0.15, -0.1) is 0 Å². The second-order valence-electron chi connectivity index (χ2n) is 9.23. The molecule has 0 radical (unpaired) electrons. The molecule has 30 heavy (non-hydrogen) atoms. The molecule has 3 fully saturated rings. The van der Waals surface area contributed by atoms with E-state index in [1.807, 2.05) is 6.20 Å². The Morgan fingerprint density at radius 3 is 2.43 bits per heavy atom. The molecule has 2 unspecified atom stereocenters. The zero-order valence-corrected chi connectivity index (χ0v) is 19.2. The van der Waals surface area contributed by atoms with Gasteiger partial charge in [0, 0.05) is 50.0 Å². The fourth-order valence-electron chi connectivity index (χ4n) is 4.10. The average Bonchev–Trinajstić information content (AvgIpc) is 3.66. The van der Waals surface area contributed by atoms with E-state index in [9.17, 15) is 0 Å². The molecule has 0 aromatic heterocycles. The van der Waals surface area contributed by atoms with Gasteiger partial charge in [0.25, 0.3) is 0 Å². The monoisotopic (exact) mass is 412 g/mol. The first-order chi connectivity index (χ1) is 14.5. The molecule has 166 valence electrons. The third-order valence-electron chi connectivity index (χ3n) is 6.32. The van der Waals surface area contributed by atoms with E-state index in [-0.39, 0.29) is 0 Å². The number of hydrogen-bond acceptors (Lipinski definition) is 5. The van der Waals surface area contributed by atoms with Crippen LogP contribution in [0.25, 0.3) is 0 Å². The van der Waals surface area contributed by atoms with Gasteiger partial charge in [0.15, 0.2) is 0 Å². The number of allylic oxidation sites excluding steroid dienone is 4. The van der Waals surface area contributed by atoms with Gasteiger partial charge in [0.1, 0.15) is 0 Å². The highest BCUT2D eigenvalue weighted by molar-refractivity contribution is 5.75.